The van der Waals surface area contributed by atoms with Gasteiger partial charge in [0.1, 0.15) is 0 Å². The van der Waals surface area contributed by atoms with Gasteiger partial charge in [0.2, 0.25) is 0 Å². The van der Waals surface area contributed by atoms with Gasteiger partial charge in [0.05, 0.1) is 11.8 Å². The molecule has 1 heterocycles. The van der Waals surface area contributed by atoms with Crippen molar-refractivity contribution in [1.29, 1.82) is 0 Å². The van der Waals surface area contributed by atoms with E-state index < -0.39 is 0 Å². The van der Waals surface area contributed by atoms with E-state index >= 15 is 0 Å². The maximum Gasteiger partial charge on any atom is 0.185 e. The lowest BCUT2D eigenvalue weighted by atomic mass is 10.0. The first-order valence-electron chi connectivity index (χ1n) is 6.46. The number of nitrogens with zero attached hydrogens (tertiary/aromatic N) is 2. The van der Waals surface area contributed by atoms with Crippen LogP contribution in [0.15, 0.2) is 0 Å². The van der Waals surface area contributed by atoms with Gasteiger partial charge in [0.15, 0.2) is 5.13 Å². The average Bonchev–Trinajstić information content (AvgIpc) is 2.71. The highest BCUT2D eigenvalue weighted by molar-refractivity contribution is 7.15. The zero-order chi connectivity index (χ0) is 12.4. The molecule has 96 valence electrons. The molecule has 0 aromatic carbocycles. The summed E-state index contributed by atoms with van der Waals surface area (Å²) in [7, 11) is 2.10. The quantitative estimate of drug-likeness (QED) is 0.897. The van der Waals surface area contributed by atoms with Crippen molar-refractivity contribution in [3.05, 3.63) is 10.6 Å². The van der Waals surface area contributed by atoms with Crippen LogP contribution >= 0.6 is 11.3 Å². The van der Waals surface area contributed by atoms with Crippen molar-refractivity contribution in [3.8, 4) is 0 Å². The van der Waals surface area contributed by atoms with Crippen molar-refractivity contribution in [3.63, 3.8) is 0 Å². The molecule has 0 bridgehead atoms. The van der Waals surface area contributed by atoms with Gasteiger partial charge in [0.25, 0.3) is 0 Å². The normalized spacial score (nSPS) is 19.5. The van der Waals surface area contributed by atoms with Gasteiger partial charge in [-0.2, -0.15) is 0 Å². The number of thiazole rings is 1. The van der Waals surface area contributed by atoms with Gasteiger partial charge in [-0.25, -0.2) is 4.98 Å². The summed E-state index contributed by atoms with van der Waals surface area (Å²) in [5.41, 5.74) is 0.938. The Hall–Kier alpha value is -0.610. The number of hydrogen-bond acceptors (Lipinski definition) is 4. The van der Waals surface area contributed by atoms with Gasteiger partial charge in [-0.15, -0.1) is 11.3 Å². The van der Waals surface area contributed by atoms with Crippen LogP contribution in [0.3, 0.4) is 0 Å². The summed E-state index contributed by atoms with van der Waals surface area (Å²) in [6.07, 6.45) is 3.89. The fraction of sp³-hybridized carbons (Fsp3) is 0.769. The lowest BCUT2D eigenvalue weighted by molar-refractivity contribution is 0.153. The zero-order valence-corrected chi connectivity index (χ0v) is 11.8. The third-order valence-electron chi connectivity index (χ3n) is 3.28. The minimum absolute atomic E-state index is 0.331. The summed E-state index contributed by atoms with van der Waals surface area (Å²) in [6.45, 7) is 5.52. The Bertz CT molecular complexity index is 375. The van der Waals surface area contributed by atoms with E-state index in [-0.39, 0.29) is 6.10 Å². The van der Waals surface area contributed by atoms with Crippen LogP contribution in [0, 0.1) is 5.92 Å². The molecule has 1 N–H and O–H groups in total. The van der Waals surface area contributed by atoms with E-state index in [4.69, 9.17) is 0 Å². The van der Waals surface area contributed by atoms with Crippen LogP contribution in [0.5, 0.6) is 0 Å². The van der Waals surface area contributed by atoms with Gasteiger partial charge in [-0.05, 0) is 31.6 Å². The van der Waals surface area contributed by atoms with Gasteiger partial charge in [-0.1, -0.05) is 13.8 Å². The fourth-order valence-electron chi connectivity index (χ4n) is 2.09. The van der Waals surface area contributed by atoms with Crippen molar-refractivity contribution < 1.29 is 5.11 Å². The first-order valence-corrected chi connectivity index (χ1v) is 7.28. The minimum Gasteiger partial charge on any atom is -0.387 e. The number of aliphatic hydroxyl groups excluding tert-OH is 1. The molecule has 4 heteroatoms. The number of aliphatic hydroxyl groups is 1. The maximum atomic E-state index is 9.90. The molecule has 0 amide bonds. The third kappa shape index (κ3) is 2.99. The summed E-state index contributed by atoms with van der Waals surface area (Å²) >= 11 is 1.75. The van der Waals surface area contributed by atoms with E-state index in [9.17, 15) is 5.11 Å². The minimum atomic E-state index is -0.331. The molecule has 1 atom stereocenters. The first-order chi connectivity index (χ1) is 8.08. The Labute approximate surface area is 107 Å². The predicted octanol–water partition coefficient (Wildman–Crippen LogP) is 3.00. The van der Waals surface area contributed by atoms with Crippen molar-refractivity contribution in [2.45, 2.75) is 45.6 Å². The van der Waals surface area contributed by atoms with Crippen LogP contribution in [0.25, 0.3) is 0 Å². The lowest BCUT2D eigenvalue weighted by Crippen LogP contribution is -2.19. The number of aryl methyl sites for hydroxylation is 1. The highest BCUT2D eigenvalue weighted by Crippen LogP contribution is 2.36. The predicted molar refractivity (Wildman–Crippen MR) is 72.7 cm³/mol. The third-order valence-corrected chi connectivity index (χ3v) is 4.53. The Kier molecular flexibility index (Phi) is 4.05. The molecule has 1 aromatic heterocycles. The van der Waals surface area contributed by atoms with E-state index in [0.29, 0.717) is 0 Å². The molecule has 1 aliphatic carbocycles. The highest BCUT2D eigenvalue weighted by atomic mass is 32.1. The molecule has 0 saturated heterocycles. The molecule has 1 aromatic rings. The standard InChI is InChI=1S/C13H22N2OS/c1-9(2)7-8-15(3)13-14-12-10(16)5-4-6-11(12)17-13/h9-10,16H,4-8H2,1-3H3. The largest absolute Gasteiger partial charge is 0.387 e. The van der Waals surface area contributed by atoms with Crippen LogP contribution in [0.4, 0.5) is 5.13 Å². The van der Waals surface area contributed by atoms with Crippen molar-refractivity contribution in [2.75, 3.05) is 18.5 Å². The Morgan fingerprint density at radius 1 is 1.53 bits per heavy atom. The molecule has 1 unspecified atom stereocenters. The van der Waals surface area contributed by atoms with E-state index in [1.54, 1.807) is 11.3 Å². The van der Waals surface area contributed by atoms with Crippen LogP contribution in [-0.4, -0.2) is 23.7 Å². The number of rotatable bonds is 4. The molecule has 0 radical (unpaired) electrons. The molecular weight excluding hydrogens is 232 g/mol. The summed E-state index contributed by atoms with van der Waals surface area (Å²) < 4.78 is 0. The summed E-state index contributed by atoms with van der Waals surface area (Å²) in [5.74, 6) is 0.720. The summed E-state index contributed by atoms with van der Waals surface area (Å²) in [4.78, 5) is 8.11. The second kappa shape index (κ2) is 5.36. The Morgan fingerprint density at radius 2 is 2.29 bits per heavy atom. The van der Waals surface area contributed by atoms with E-state index in [0.717, 1.165) is 42.6 Å². The zero-order valence-electron chi connectivity index (χ0n) is 10.9. The van der Waals surface area contributed by atoms with E-state index in [2.05, 4.69) is 30.8 Å². The highest BCUT2D eigenvalue weighted by Gasteiger charge is 2.23. The van der Waals surface area contributed by atoms with Crippen LogP contribution < -0.4 is 4.90 Å². The lowest BCUT2D eigenvalue weighted by Gasteiger charge is -2.16. The smallest absolute Gasteiger partial charge is 0.185 e. The fourth-order valence-corrected chi connectivity index (χ4v) is 3.24. The van der Waals surface area contributed by atoms with Crippen LogP contribution in [0.2, 0.25) is 0 Å². The Balaban J connectivity index is 2.06. The molecular formula is C13H22N2OS. The number of anilines is 1. The number of fused-ring (bicyclic) bond motifs is 1. The monoisotopic (exact) mass is 254 g/mol. The molecule has 0 saturated carbocycles. The Morgan fingerprint density at radius 3 is 2.94 bits per heavy atom. The molecule has 3 nitrogen and oxygen atoms in total. The first kappa shape index (κ1) is 12.8. The topological polar surface area (TPSA) is 36.4 Å². The van der Waals surface area contributed by atoms with Gasteiger partial charge in [-0.3, -0.25) is 0 Å². The van der Waals surface area contributed by atoms with Crippen molar-refractivity contribution in [2.24, 2.45) is 5.92 Å². The average molecular weight is 254 g/mol. The summed E-state index contributed by atoms with van der Waals surface area (Å²) in [5, 5.41) is 11.0. The van der Waals surface area contributed by atoms with Crippen LogP contribution in [0.1, 0.15) is 49.8 Å². The number of hydrogen-bond donors (Lipinski definition) is 1. The molecule has 0 spiro atoms. The van der Waals surface area contributed by atoms with Crippen LogP contribution in [-0.2, 0) is 6.42 Å². The second-order valence-electron chi connectivity index (χ2n) is 5.32. The van der Waals surface area contributed by atoms with E-state index in [1.165, 1.54) is 11.3 Å². The number of aromatic nitrogens is 1. The molecule has 0 aliphatic heterocycles. The van der Waals surface area contributed by atoms with Gasteiger partial charge >= 0.3 is 0 Å². The molecule has 1 aliphatic rings. The summed E-state index contributed by atoms with van der Waals surface area (Å²) in [6, 6.07) is 0. The second-order valence-corrected chi connectivity index (χ2v) is 6.38. The SMILES string of the molecule is CC(C)CCN(C)c1nc2c(s1)CCCC2O. The molecule has 17 heavy (non-hydrogen) atoms. The van der Waals surface area contributed by atoms with Crippen molar-refractivity contribution in [1.82, 2.24) is 4.98 Å². The van der Waals surface area contributed by atoms with Gasteiger partial charge in [0, 0.05) is 18.5 Å². The van der Waals surface area contributed by atoms with Crippen molar-refractivity contribution >= 4 is 16.5 Å². The maximum absolute atomic E-state index is 9.90. The molecule has 0 fully saturated rings. The van der Waals surface area contributed by atoms with E-state index in [1.807, 2.05) is 0 Å². The van der Waals surface area contributed by atoms with Gasteiger partial charge < -0.3 is 10.0 Å². The molecule has 2 rings (SSSR count).